The van der Waals surface area contributed by atoms with Crippen LogP contribution in [0.15, 0.2) is 66.4 Å². The van der Waals surface area contributed by atoms with Gasteiger partial charge in [0, 0.05) is 30.9 Å². The summed E-state index contributed by atoms with van der Waals surface area (Å²) in [7, 11) is 0. The number of amides is 2. The van der Waals surface area contributed by atoms with Crippen molar-refractivity contribution < 1.29 is 9.59 Å². The van der Waals surface area contributed by atoms with Crippen molar-refractivity contribution in [3.05, 3.63) is 66.4 Å². The Morgan fingerprint density at radius 3 is 2.37 bits per heavy atom. The second-order valence-corrected chi connectivity index (χ2v) is 6.17. The first-order valence-electron chi connectivity index (χ1n) is 9.13. The molecule has 0 unspecified atom stereocenters. The molecule has 140 valence electrons. The van der Waals surface area contributed by atoms with Gasteiger partial charge in [-0.3, -0.25) is 15.0 Å². The van der Waals surface area contributed by atoms with E-state index in [0.717, 1.165) is 18.8 Å². The quantitative estimate of drug-likeness (QED) is 0.825. The minimum Gasteiger partial charge on any atom is -0.372 e. The monoisotopic (exact) mass is 364 g/mol. The Kier molecular flexibility index (Phi) is 5.76. The summed E-state index contributed by atoms with van der Waals surface area (Å²) in [6, 6.07) is 17.0. The smallest absolute Gasteiger partial charge is 0.273 e. The number of anilines is 3. The van der Waals surface area contributed by atoms with Crippen molar-refractivity contribution >= 4 is 28.9 Å². The second kappa shape index (κ2) is 8.40. The van der Waals surface area contributed by atoms with Gasteiger partial charge in [0.2, 0.25) is 5.91 Å². The summed E-state index contributed by atoms with van der Waals surface area (Å²) in [5.74, 6) is -0.389. The molecule has 1 heterocycles. The summed E-state index contributed by atoms with van der Waals surface area (Å²) in [6.45, 7) is 6.09. The average Bonchev–Trinajstić information content (AvgIpc) is 2.71. The van der Waals surface area contributed by atoms with Gasteiger partial charge in [-0.25, -0.2) is 5.01 Å². The third kappa shape index (κ3) is 4.28. The Hall–Kier alpha value is -3.28. The van der Waals surface area contributed by atoms with Crippen LogP contribution in [0.3, 0.4) is 0 Å². The summed E-state index contributed by atoms with van der Waals surface area (Å²) in [6.07, 6.45) is 1.78. The van der Waals surface area contributed by atoms with Gasteiger partial charge in [-0.05, 0) is 56.3 Å². The molecule has 6 heteroatoms. The van der Waals surface area contributed by atoms with Crippen LogP contribution in [-0.2, 0) is 9.59 Å². The van der Waals surface area contributed by atoms with Crippen molar-refractivity contribution in [1.82, 2.24) is 5.43 Å². The van der Waals surface area contributed by atoms with Crippen LogP contribution in [0.4, 0.5) is 17.1 Å². The van der Waals surface area contributed by atoms with Gasteiger partial charge in [-0.15, -0.1) is 0 Å². The minimum atomic E-state index is -0.279. The van der Waals surface area contributed by atoms with Gasteiger partial charge in [0.15, 0.2) is 0 Å². The number of hydrogen-bond acceptors (Lipinski definition) is 4. The molecule has 0 bridgehead atoms. The predicted octanol–water partition coefficient (Wildman–Crippen LogP) is 3.30. The van der Waals surface area contributed by atoms with E-state index in [-0.39, 0.29) is 18.2 Å². The van der Waals surface area contributed by atoms with Gasteiger partial charge in [0.25, 0.3) is 5.91 Å². The SMILES string of the molecule is CCN(CC)c1ccc(NC(=O)C2=CCC(=O)N(c3ccccc3)N2)cc1. The van der Waals surface area contributed by atoms with Crippen LogP contribution in [0.1, 0.15) is 20.3 Å². The molecule has 0 saturated carbocycles. The number of nitrogens with zero attached hydrogens (tertiary/aromatic N) is 2. The Bertz CT molecular complexity index is 827. The third-order valence-electron chi connectivity index (χ3n) is 4.48. The van der Waals surface area contributed by atoms with E-state index in [2.05, 4.69) is 29.5 Å². The molecule has 6 nitrogen and oxygen atoms in total. The van der Waals surface area contributed by atoms with Gasteiger partial charge >= 0.3 is 0 Å². The highest BCUT2D eigenvalue weighted by molar-refractivity contribution is 6.06. The van der Waals surface area contributed by atoms with E-state index >= 15 is 0 Å². The zero-order chi connectivity index (χ0) is 19.2. The van der Waals surface area contributed by atoms with Crippen molar-refractivity contribution in [3.8, 4) is 0 Å². The molecule has 2 amide bonds. The number of hydrazine groups is 1. The van der Waals surface area contributed by atoms with Crippen molar-refractivity contribution in [2.45, 2.75) is 20.3 Å². The molecule has 27 heavy (non-hydrogen) atoms. The van der Waals surface area contributed by atoms with Crippen LogP contribution in [0.2, 0.25) is 0 Å². The topological polar surface area (TPSA) is 64.7 Å². The van der Waals surface area contributed by atoms with Gasteiger partial charge in [0.1, 0.15) is 5.70 Å². The van der Waals surface area contributed by atoms with Gasteiger partial charge in [0.05, 0.1) is 5.69 Å². The van der Waals surface area contributed by atoms with Crippen molar-refractivity contribution in [2.75, 3.05) is 28.3 Å². The fraction of sp³-hybridized carbons (Fsp3) is 0.238. The van der Waals surface area contributed by atoms with Crippen molar-refractivity contribution in [1.29, 1.82) is 0 Å². The number of para-hydroxylation sites is 1. The molecule has 1 aliphatic heterocycles. The summed E-state index contributed by atoms with van der Waals surface area (Å²) in [5, 5.41) is 4.28. The Morgan fingerprint density at radius 1 is 1.07 bits per heavy atom. The maximum absolute atomic E-state index is 12.6. The average molecular weight is 364 g/mol. The Morgan fingerprint density at radius 2 is 1.74 bits per heavy atom. The van der Waals surface area contributed by atoms with Crippen LogP contribution in [0.25, 0.3) is 0 Å². The molecule has 0 fully saturated rings. The van der Waals surface area contributed by atoms with Gasteiger partial charge in [-0.1, -0.05) is 18.2 Å². The van der Waals surface area contributed by atoms with Gasteiger partial charge < -0.3 is 10.2 Å². The van der Waals surface area contributed by atoms with E-state index in [1.165, 1.54) is 5.01 Å². The Labute approximate surface area is 159 Å². The molecule has 3 rings (SSSR count). The van der Waals surface area contributed by atoms with Crippen LogP contribution in [-0.4, -0.2) is 24.9 Å². The maximum atomic E-state index is 12.6. The normalized spacial score (nSPS) is 13.6. The highest BCUT2D eigenvalue weighted by Gasteiger charge is 2.24. The molecule has 0 spiro atoms. The number of carbonyl (C=O) groups is 2. The standard InChI is InChI=1S/C21H24N4O2/c1-3-24(4-2)17-12-10-16(11-13-17)22-21(27)19-14-15-20(26)25(23-19)18-8-6-5-7-9-18/h5-14,23H,3-4,15H2,1-2H3,(H,22,27). The molecule has 0 aromatic heterocycles. The summed E-state index contributed by atoms with van der Waals surface area (Å²) < 4.78 is 0. The first-order valence-corrected chi connectivity index (χ1v) is 9.13. The molecule has 0 atom stereocenters. The maximum Gasteiger partial charge on any atom is 0.273 e. The zero-order valence-corrected chi connectivity index (χ0v) is 15.6. The zero-order valence-electron chi connectivity index (χ0n) is 15.6. The molecular formula is C21H24N4O2. The van der Waals surface area contributed by atoms with Crippen molar-refractivity contribution in [3.63, 3.8) is 0 Å². The van der Waals surface area contributed by atoms with Crippen LogP contribution < -0.4 is 20.7 Å². The number of carbonyl (C=O) groups excluding carboxylic acids is 2. The Balaban J connectivity index is 1.68. The molecule has 0 aliphatic carbocycles. The molecule has 2 aromatic rings. The molecular weight excluding hydrogens is 340 g/mol. The fourth-order valence-electron chi connectivity index (χ4n) is 2.98. The fourth-order valence-corrected chi connectivity index (χ4v) is 2.98. The molecule has 1 aliphatic rings. The molecule has 0 radical (unpaired) electrons. The first kappa shape index (κ1) is 18.5. The van der Waals surface area contributed by atoms with E-state index in [9.17, 15) is 9.59 Å². The van der Waals surface area contributed by atoms with E-state index in [1.54, 1.807) is 6.08 Å². The van der Waals surface area contributed by atoms with Crippen molar-refractivity contribution in [2.24, 2.45) is 0 Å². The van der Waals surface area contributed by atoms with Gasteiger partial charge in [-0.2, -0.15) is 0 Å². The van der Waals surface area contributed by atoms with Crippen LogP contribution in [0.5, 0.6) is 0 Å². The van der Waals surface area contributed by atoms with Crippen LogP contribution >= 0.6 is 0 Å². The highest BCUT2D eigenvalue weighted by Crippen LogP contribution is 2.20. The first-order chi connectivity index (χ1) is 13.1. The predicted molar refractivity (Wildman–Crippen MR) is 108 cm³/mol. The number of rotatable bonds is 6. The number of nitrogens with one attached hydrogen (secondary N) is 2. The number of hydrogen-bond donors (Lipinski definition) is 2. The summed E-state index contributed by atoms with van der Waals surface area (Å²) in [4.78, 5) is 27.0. The van der Waals surface area contributed by atoms with E-state index in [0.29, 0.717) is 17.1 Å². The lowest BCUT2D eigenvalue weighted by Gasteiger charge is -2.28. The van der Waals surface area contributed by atoms with Crippen LogP contribution in [0, 0.1) is 0 Å². The minimum absolute atomic E-state index is 0.110. The summed E-state index contributed by atoms with van der Waals surface area (Å²) >= 11 is 0. The van der Waals surface area contributed by atoms with E-state index in [4.69, 9.17) is 0 Å². The largest absolute Gasteiger partial charge is 0.372 e. The van der Waals surface area contributed by atoms with E-state index in [1.807, 2.05) is 54.6 Å². The highest BCUT2D eigenvalue weighted by atomic mass is 16.2. The molecule has 2 N–H and O–H groups in total. The second-order valence-electron chi connectivity index (χ2n) is 6.17. The third-order valence-corrected chi connectivity index (χ3v) is 4.48. The van der Waals surface area contributed by atoms with E-state index < -0.39 is 0 Å². The molecule has 2 aromatic carbocycles. The molecule has 0 saturated heterocycles. The number of benzene rings is 2. The lowest BCUT2D eigenvalue weighted by molar-refractivity contribution is -0.119. The lowest BCUT2D eigenvalue weighted by Crippen LogP contribution is -2.47. The lowest BCUT2D eigenvalue weighted by atomic mass is 10.2. The summed E-state index contributed by atoms with van der Waals surface area (Å²) in [5.41, 5.74) is 5.79.